The van der Waals surface area contributed by atoms with Crippen molar-refractivity contribution in [1.82, 2.24) is 6.15 Å². The fourth-order valence-corrected chi connectivity index (χ4v) is 0. The van der Waals surface area contributed by atoms with Crippen LogP contribution in [0.3, 0.4) is 0 Å². The van der Waals surface area contributed by atoms with Gasteiger partial charge in [-0.2, -0.15) is 0 Å². The minimum Gasteiger partial charge on any atom is -0.450 e. The van der Waals surface area contributed by atoms with Crippen LogP contribution in [0.25, 0.3) is 0 Å². The molecule has 0 aliphatic rings. The van der Waals surface area contributed by atoms with Gasteiger partial charge in [-0.3, -0.25) is 0 Å². The zero-order valence-corrected chi connectivity index (χ0v) is 2.51. The highest BCUT2D eigenvalue weighted by molar-refractivity contribution is 5.75. The topological polar surface area (TPSA) is 92.5 Å². The van der Waals surface area contributed by atoms with Crippen LogP contribution in [0.1, 0.15) is 0 Å². The van der Waals surface area contributed by atoms with E-state index in [2.05, 4.69) is 0 Å². The maximum atomic E-state index is 8.56. The smallest absolute Gasteiger partial charge is 0.450 e. The van der Waals surface area contributed by atoms with Gasteiger partial charge in [0.15, 0.2) is 0 Å². The molecule has 0 atom stereocenters. The SMILES string of the molecule is B.N.O=C(O)O. The molecular formula is CH8BNO3. The van der Waals surface area contributed by atoms with Crippen molar-refractivity contribution in [3.63, 3.8) is 0 Å². The van der Waals surface area contributed by atoms with Crippen molar-refractivity contribution >= 4 is 14.6 Å². The van der Waals surface area contributed by atoms with E-state index >= 15 is 0 Å². The van der Waals surface area contributed by atoms with Crippen molar-refractivity contribution in [1.29, 1.82) is 0 Å². The van der Waals surface area contributed by atoms with E-state index in [0.29, 0.717) is 0 Å². The summed E-state index contributed by atoms with van der Waals surface area (Å²) in [5.74, 6) is 0. The van der Waals surface area contributed by atoms with Gasteiger partial charge >= 0.3 is 6.16 Å². The first-order chi connectivity index (χ1) is 1.73. The molecule has 0 rings (SSSR count). The van der Waals surface area contributed by atoms with Gasteiger partial charge in [-0.05, 0) is 0 Å². The first-order valence-electron chi connectivity index (χ1n) is 0.651. The summed E-state index contributed by atoms with van der Waals surface area (Å²) < 4.78 is 0. The fourth-order valence-electron chi connectivity index (χ4n) is 0. The summed E-state index contributed by atoms with van der Waals surface area (Å²) in [5, 5.41) is 13.9. The number of hydrogen-bond acceptors (Lipinski definition) is 2. The highest BCUT2D eigenvalue weighted by Gasteiger charge is 1.70. The van der Waals surface area contributed by atoms with E-state index in [1.165, 1.54) is 0 Å². The molecule has 0 spiro atoms. The molecule has 6 heavy (non-hydrogen) atoms. The molecule has 0 aromatic heterocycles. The third-order valence-electron chi connectivity index (χ3n) is 0. The first-order valence-corrected chi connectivity index (χ1v) is 0.651. The van der Waals surface area contributed by atoms with Crippen molar-refractivity contribution < 1.29 is 15.0 Å². The molecule has 0 saturated heterocycles. The molecule has 0 aliphatic heterocycles. The van der Waals surface area contributed by atoms with E-state index in [4.69, 9.17) is 15.0 Å². The molecule has 0 aromatic rings. The van der Waals surface area contributed by atoms with Gasteiger partial charge < -0.3 is 16.4 Å². The maximum absolute atomic E-state index is 8.56. The third kappa shape index (κ3) is 34.9. The number of carboxylic acid groups (broad SMARTS) is 2. The Hall–Kier alpha value is -0.705. The maximum Gasteiger partial charge on any atom is 0.503 e. The second kappa shape index (κ2) is 8.85. The molecule has 0 radical (unpaired) electrons. The highest BCUT2D eigenvalue weighted by atomic mass is 16.6. The Bertz CT molecular complexity index is 33.8. The van der Waals surface area contributed by atoms with Crippen LogP contribution < -0.4 is 6.15 Å². The molecule has 38 valence electrons. The fraction of sp³-hybridized carbons (Fsp3) is 0. The van der Waals surface area contributed by atoms with Crippen molar-refractivity contribution in [3.05, 3.63) is 0 Å². The lowest BCUT2D eigenvalue weighted by atomic mass is 10.8. The number of hydrogen-bond donors (Lipinski definition) is 3. The quantitative estimate of drug-likeness (QED) is 0.342. The van der Waals surface area contributed by atoms with Crippen molar-refractivity contribution in [2.45, 2.75) is 0 Å². The predicted octanol–water partition coefficient (Wildman–Crippen LogP) is -0.800. The summed E-state index contributed by atoms with van der Waals surface area (Å²) in [7, 11) is 0. The monoisotopic (exact) mass is 93.1 g/mol. The van der Waals surface area contributed by atoms with E-state index in [9.17, 15) is 0 Å². The van der Waals surface area contributed by atoms with E-state index in [0.717, 1.165) is 0 Å². The number of rotatable bonds is 0. The summed E-state index contributed by atoms with van der Waals surface area (Å²) in [6.45, 7) is 0. The van der Waals surface area contributed by atoms with Gasteiger partial charge in [-0.15, -0.1) is 0 Å². The van der Waals surface area contributed by atoms with Gasteiger partial charge in [0.25, 0.3) is 0 Å². The van der Waals surface area contributed by atoms with Crippen LogP contribution in [0, 0.1) is 0 Å². The Kier molecular flexibility index (Phi) is 27.4. The first kappa shape index (κ1) is 18.5. The van der Waals surface area contributed by atoms with Crippen LogP contribution in [0.5, 0.6) is 0 Å². The molecule has 0 saturated carbocycles. The number of carbonyl (C=O) groups is 1. The van der Waals surface area contributed by atoms with Crippen LogP contribution >= 0.6 is 0 Å². The second-order valence-corrected chi connectivity index (χ2v) is 0.283. The normalized spacial score (nSPS) is 4.00. The van der Waals surface area contributed by atoms with Crippen LogP contribution in [0.4, 0.5) is 4.79 Å². The third-order valence-corrected chi connectivity index (χ3v) is 0. The lowest BCUT2D eigenvalue weighted by molar-refractivity contribution is 0.137. The molecule has 0 unspecified atom stereocenters. The lowest BCUT2D eigenvalue weighted by Gasteiger charge is -1.60. The predicted molar refractivity (Wildman–Crippen MR) is 25.6 cm³/mol. The van der Waals surface area contributed by atoms with Crippen LogP contribution in [-0.4, -0.2) is 24.8 Å². The molecule has 5 heteroatoms. The van der Waals surface area contributed by atoms with Crippen LogP contribution in [0.2, 0.25) is 0 Å². The average molecular weight is 92.9 g/mol. The standard InChI is InChI=1S/CH2O3.BH3.H3N/c2-1(3)4;;/h(H2,2,3,4);2*1H3. The molecule has 0 amide bonds. The van der Waals surface area contributed by atoms with Crippen molar-refractivity contribution in [2.75, 3.05) is 0 Å². The van der Waals surface area contributed by atoms with E-state index in [-0.39, 0.29) is 14.6 Å². The lowest BCUT2D eigenvalue weighted by Crippen LogP contribution is -1.81. The van der Waals surface area contributed by atoms with Gasteiger partial charge in [0.2, 0.25) is 0 Å². The Balaban J connectivity index is -0.0000000450. The summed E-state index contributed by atoms with van der Waals surface area (Å²) in [5.41, 5.74) is 0. The summed E-state index contributed by atoms with van der Waals surface area (Å²) >= 11 is 0. The van der Waals surface area contributed by atoms with Crippen LogP contribution in [-0.2, 0) is 0 Å². The molecule has 4 nitrogen and oxygen atoms in total. The molecule has 0 fully saturated rings. The highest BCUT2D eigenvalue weighted by Crippen LogP contribution is 1.42. The Labute approximate surface area is 36.9 Å². The molecule has 5 N–H and O–H groups in total. The van der Waals surface area contributed by atoms with Gasteiger partial charge in [0.1, 0.15) is 0 Å². The Morgan fingerprint density at radius 3 is 1.33 bits per heavy atom. The summed E-state index contributed by atoms with van der Waals surface area (Å²) in [6.07, 6.45) is -1.83. The molecule has 0 heterocycles. The van der Waals surface area contributed by atoms with Crippen molar-refractivity contribution in [2.24, 2.45) is 0 Å². The van der Waals surface area contributed by atoms with E-state index < -0.39 is 6.16 Å². The van der Waals surface area contributed by atoms with Crippen molar-refractivity contribution in [3.8, 4) is 0 Å². The van der Waals surface area contributed by atoms with E-state index in [1.54, 1.807) is 0 Å². The van der Waals surface area contributed by atoms with E-state index in [1.807, 2.05) is 0 Å². The zero-order valence-electron chi connectivity index (χ0n) is 2.51. The summed E-state index contributed by atoms with van der Waals surface area (Å²) in [4.78, 5) is 8.56. The Morgan fingerprint density at radius 1 is 1.33 bits per heavy atom. The molecular weight excluding hydrogens is 84.8 g/mol. The summed E-state index contributed by atoms with van der Waals surface area (Å²) in [6, 6.07) is 0. The molecule has 0 bridgehead atoms. The molecule has 0 aliphatic carbocycles. The van der Waals surface area contributed by atoms with Crippen LogP contribution in [0.15, 0.2) is 0 Å². The van der Waals surface area contributed by atoms with Gasteiger partial charge in [0.05, 0.1) is 8.41 Å². The average Bonchev–Trinajstić information content (AvgIpc) is 0.811. The van der Waals surface area contributed by atoms with Gasteiger partial charge in [-0.1, -0.05) is 0 Å². The van der Waals surface area contributed by atoms with Gasteiger partial charge in [0, 0.05) is 0 Å². The van der Waals surface area contributed by atoms with Gasteiger partial charge in [-0.25, -0.2) is 4.79 Å². The second-order valence-electron chi connectivity index (χ2n) is 0.283. The molecule has 0 aromatic carbocycles. The zero-order chi connectivity index (χ0) is 3.58. The minimum absolute atomic E-state index is 0. The Morgan fingerprint density at radius 2 is 1.33 bits per heavy atom. The largest absolute Gasteiger partial charge is 0.503 e. The minimum atomic E-state index is -1.83.